The summed E-state index contributed by atoms with van der Waals surface area (Å²) >= 11 is 0. The molecule has 0 radical (unpaired) electrons. The Bertz CT molecular complexity index is 107. The second-order valence-electron chi connectivity index (χ2n) is 3.43. The zero-order valence-electron chi connectivity index (χ0n) is 5.59. The maximum absolute atomic E-state index is 2.37. The van der Waals surface area contributed by atoms with Crippen LogP contribution in [0.25, 0.3) is 0 Å². The van der Waals surface area contributed by atoms with Crippen LogP contribution in [-0.4, -0.2) is 25.0 Å². The molecule has 1 heteroatoms. The van der Waals surface area contributed by atoms with Gasteiger partial charge in [-0.3, -0.25) is 0 Å². The Kier molecular flexibility index (Phi) is 0.762. The summed E-state index contributed by atoms with van der Waals surface area (Å²) in [5, 5.41) is 0. The SMILES string of the molecule is CN(C)C1CC2CC21. The average Bonchev–Trinajstić information content (AvgIpc) is 2.13. The van der Waals surface area contributed by atoms with Crippen molar-refractivity contribution in [2.75, 3.05) is 14.1 Å². The Morgan fingerprint density at radius 2 is 2.00 bits per heavy atom. The molecule has 8 heavy (non-hydrogen) atoms. The molecule has 0 aromatic carbocycles. The van der Waals surface area contributed by atoms with Crippen LogP contribution in [0.1, 0.15) is 12.8 Å². The summed E-state index contributed by atoms with van der Waals surface area (Å²) in [6, 6.07) is 0.958. The van der Waals surface area contributed by atoms with Gasteiger partial charge in [0.05, 0.1) is 0 Å². The van der Waals surface area contributed by atoms with Crippen LogP contribution in [0.5, 0.6) is 0 Å². The maximum atomic E-state index is 2.37. The van der Waals surface area contributed by atoms with Crippen LogP contribution in [0.3, 0.4) is 0 Å². The van der Waals surface area contributed by atoms with Crippen molar-refractivity contribution < 1.29 is 0 Å². The van der Waals surface area contributed by atoms with Gasteiger partial charge in [0.25, 0.3) is 0 Å². The predicted octanol–water partition coefficient (Wildman–Crippen LogP) is 0.956. The molecule has 0 aliphatic heterocycles. The van der Waals surface area contributed by atoms with E-state index in [0.29, 0.717) is 0 Å². The minimum atomic E-state index is 0.958. The third kappa shape index (κ3) is 0.455. The molecule has 0 spiro atoms. The van der Waals surface area contributed by atoms with Crippen molar-refractivity contribution in [2.45, 2.75) is 18.9 Å². The highest BCUT2D eigenvalue weighted by Crippen LogP contribution is 2.56. The maximum Gasteiger partial charge on any atom is 0.0123 e. The Labute approximate surface area is 50.7 Å². The Hall–Kier alpha value is -0.0400. The van der Waals surface area contributed by atoms with Gasteiger partial charge in [0, 0.05) is 6.04 Å². The zero-order chi connectivity index (χ0) is 5.72. The first-order valence-electron chi connectivity index (χ1n) is 3.45. The standard InChI is InChI=1S/C7H13N/c1-8(2)7-4-5-3-6(5)7/h5-7H,3-4H2,1-2H3. The van der Waals surface area contributed by atoms with Crippen LogP contribution in [0, 0.1) is 11.8 Å². The molecule has 0 N–H and O–H groups in total. The van der Waals surface area contributed by atoms with E-state index >= 15 is 0 Å². The quantitative estimate of drug-likeness (QED) is 0.487. The number of fused-ring (bicyclic) bond motifs is 1. The Morgan fingerprint density at radius 3 is 2.12 bits per heavy atom. The van der Waals surface area contributed by atoms with E-state index in [-0.39, 0.29) is 0 Å². The van der Waals surface area contributed by atoms with Crippen LogP contribution in [-0.2, 0) is 0 Å². The molecule has 0 bridgehead atoms. The van der Waals surface area contributed by atoms with Crippen molar-refractivity contribution >= 4 is 0 Å². The topological polar surface area (TPSA) is 3.24 Å². The fourth-order valence-corrected chi connectivity index (χ4v) is 1.90. The molecule has 0 amide bonds. The zero-order valence-corrected chi connectivity index (χ0v) is 5.59. The number of hydrogen-bond acceptors (Lipinski definition) is 1. The molecule has 2 aliphatic rings. The van der Waals surface area contributed by atoms with Gasteiger partial charge in [-0.1, -0.05) is 0 Å². The van der Waals surface area contributed by atoms with Gasteiger partial charge in [0.15, 0.2) is 0 Å². The summed E-state index contributed by atoms with van der Waals surface area (Å²) < 4.78 is 0. The van der Waals surface area contributed by atoms with Crippen molar-refractivity contribution in [2.24, 2.45) is 11.8 Å². The molecule has 0 saturated heterocycles. The second-order valence-corrected chi connectivity index (χ2v) is 3.43. The minimum absolute atomic E-state index is 0.958. The summed E-state index contributed by atoms with van der Waals surface area (Å²) in [5.41, 5.74) is 0. The minimum Gasteiger partial charge on any atom is -0.306 e. The summed E-state index contributed by atoms with van der Waals surface area (Å²) in [4.78, 5) is 2.37. The molecule has 2 saturated carbocycles. The van der Waals surface area contributed by atoms with Crippen LogP contribution in [0.4, 0.5) is 0 Å². The molecule has 3 atom stereocenters. The first kappa shape index (κ1) is 4.80. The van der Waals surface area contributed by atoms with E-state index in [1.807, 2.05) is 0 Å². The molecule has 2 rings (SSSR count). The lowest BCUT2D eigenvalue weighted by molar-refractivity contribution is 0.177. The first-order chi connectivity index (χ1) is 3.79. The van der Waals surface area contributed by atoms with E-state index in [1.165, 1.54) is 12.8 Å². The van der Waals surface area contributed by atoms with Gasteiger partial charge in [0.1, 0.15) is 0 Å². The molecule has 0 heterocycles. The normalized spacial score (nSPS) is 50.6. The predicted molar refractivity (Wildman–Crippen MR) is 33.7 cm³/mol. The lowest BCUT2D eigenvalue weighted by Crippen LogP contribution is -2.36. The van der Waals surface area contributed by atoms with Crippen LogP contribution in [0.2, 0.25) is 0 Å². The highest BCUT2D eigenvalue weighted by Gasteiger charge is 2.53. The smallest absolute Gasteiger partial charge is 0.0123 e. The molecule has 0 aromatic heterocycles. The van der Waals surface area contributed by atoms with Gasteiger partial charge in [-0.2, -0.15) is 0 Å². The number of rotatable bonds is 1. The van der Waals surface area contributed by atoms with E-state index in [0.717, 1.165) is 17.9 Å². The van der Waals surface area contributed by atoms with Gasteiger partial charge < -0.3 is 4.90 Å². The van der Waals surface area contributed by atoms with E-state index in [2.05, 4.69) is 19.0 Å². The molecule has 2 aliphatic carbocycles. The molecule has 0 aromatic rings. The largest absolute Gasteiger partial charge is 0.306 e. The fraction of sp³-hybridized carbons (Fsp3) is 1.00. The van der Waals surface area contributed by atoms with Crippen LogP contribution in [0.15, 0.2) is 0 Å². The number of nitrogens with zero attached hydrogens (tertiary/aromatic N) is 1. The third-order valence-corrected chi connectivity index (χ3v) is 2.68. The third-order valence-electron chi connectivity index (χ3n) is 2.68. The Balaban J connectivity index is 1.92. The summed E-state index contributed by atoms with van der Waals surface area (Å²) in [7, 11) is 4.39. The molecular formula is C7H13N. The van der Waals surface area contributed by atoms with Gasteiger partial charge in [-0.15, -0.1) is 0 Å². The molecular weight excluding hydrogens is 98.1 g/mol. The lowest BCUT2D eigenvalue weighted by Gasteiger charge is -2.31. The van der Waals surface area contributed by atoms with E-state index in [1.54, 1.807) is 0 Å². The second kappa shape index (κ2) is 1.27. The Morgan fingerprint density at radius 1 is 1.25 bits per heavy atom. The highest BCUT2D eigenvalue weighted by atomic mass is 15.1. The fourth-order valence-electron chi connectivity index (χ4n) is 1.90. The summed E-state index contributed by atoms with van der Waals surface area (Å²) in [6.45, 7) is 0. The molecule has 1 nitrogen and oxygen atoms in total. The molecule has 3 unspecified atom stereocenters. The van der Waals surface area contributed by atoms with E-state index in [4.69, 9.17) is 0 Å². The van der Waals surface area contributed by atoms with Crippen LogP contribution < -0.4 is 0 Å². The average molecular weight is 111 g/mol. The van der Waals surface area contributed by atoms with Gasteiger partial charge in [0.2, 0.25) is 0 Å². The highest BCUT2D eigenvalue weighted by molar-refractivity contribution is 5.06. The number of hydrogen-bond donors (Lipinski definition) is 0. The van der Waals surface area contributed by atoms with E-state index in [9.17, 15) is 0 Å². The van der Waals surface area contributed by atoms with Crippen molar-refractivity contribution in [1.82, 2.24) is 4.90 Å². The monoisotopic (exact) mass is 111 g/mol. The molecule has 2 fully saturated rings. The van der Waals surface area contributed by atoms with Crippen LogP contribution >= 0.6 is 0 Å². The lowest BCUT2D eigenvalue weighted by atomic mass is 9.92. The summed E-state index contributed by atoms with van der Waals surface area (Å²) in [5.74, 6) is 2.27. The van der Waals surface area contributed by atoms with Crippen molar-refractivity contribution in [3.63, 3.8) is 0 Å². The van der Waals surface area contributed by atoms with Gasteiger partial charge in [-0.25, -0.2) is 0 Å². The van der Waals surface area contributed by atoms with Crippen molar-refractivity contribution in [3.8, 4) is 0 Å². The molecule has 46 valence electrons. The van der Waals surface area contributed by atoms with E-state index < -0.39 is 0 Å². The van der Waals surface area contributed by atoms with Crippen molar-refractivity contribution in [1.29, 1.82) is 0 Å². The van der Waals surface area contributed by atoms with Gasteiger partial charge in [-0.05, 0) is 38.8 Å². The van der Waals surface area contributed by atoms with Gasteiger partial charge >= 0.3 is 0 Å². The van der Waals surface area contributed by atoms with Crippen molar-refractivity contribution in [3.05, 3.63) is 0 Å². The summed E-state index contributed by atoms with van der Waals surface area (Å²) in [6.07, 6.45) is 3.01. The first-order valence-corrected chi connectivity index (χ1v) is 3.45.